The third-order valence-electron chi connectivity index (χ3n) is 8.82. The van der Waals surface area contributed by atoms with Gasteiger partial charge in [0.15, 0.2) is 0 Å². The molecule has 0 unspecified atom stereocenters. The number of fused-ring (bicyclic) bond motifs is 5. The average Bonchev–Trinajstić information content (AvgIpc) is 3.05. The molecule has 6 heteroatoms. The average molecular weight is 430 g/mol. The highest BCUT2D eigenvalue weighted by Crippen LogP contribution is 2.65. The van der Waals surface area contributed by atoms with E-state index in [1.165, 1.54) is 19.4 Å². The van der Waals surface area contributed by atoms with Crippen LogP contribution in [0.1, 0.15) is 72.6 Å². The summed E-state index contributed by atoms with van der Waals surface area (Å²) in [6, 6.07) is 0. The van der Waals surface area contributed by atoms with Gasteiger partial charge in [0.2, 0.25) is 0 Å². The first kappa shape index (κ1) is 22.1. The van der Waals surface area contributed by atoms with Gasteiger partial charge in [0.25, 0.3) is 0 Å². The molecule has 0 aromatic heterocycles. The molecule has 0 radical (unpaired) electrons. The smallest absolute Gasteiger partial charge is 0.303 e. The van der Waals surface area contributed by atoms with Gasteiger partial charge in [-0.05, 0) is 72.7 Å². The molecule has 2 fully saturated rings. The molecule has 6 nitrogen and oxygen atoms in total. The number of carbonyl (C=O) groups is 2. The molecule has 0 aliphatic heterocycles. The van der Waals surface area contributed by atoms with Crippen molar-refractivity contribution in [2.75, 3.05) is 6.61 Å². The maximum absolute atomic E-state index is 11.4. The molecule has 1 N–H and O–H groups in total. The van der Waals surface area contributed by atoms with Gasteiger partial charge in [0.05, 0.1) is 0 Å². The minimum Gasteiger partial charge on any atom is -0.462 e. The monoisotopic (exact) mass is 429 g/mol. The van der Waals surface area contributed by atoms with Crippen molar-refractivity contribution in [3.8, 4) is 0 Å². The maximum atomic E-state index is 11.4. The zero-order chi connectivity index (χ0) is 22.4. The van der Waals surface area contributed by atoms with Crippen LogP contribution in [0.4, 0.5) is 0 Å². The summed E-state index contributed by atoms with van der Waals surface area (Å²) in [5, 5.41) is 13.1. The van der Waals surface area contributed by atoms with Gasteiger partial charge < -0.3 is 14.7 Å². The second-order valence-corrected chi connectivity index (χ2v) is 10.4. The van der Waals surface area contributed by atoms with Crippen molar-refractivity contribution in [3.05, 3.63) is 23.3 Å². The zero-order valence-corrected chi connectivity index (χ0v) is 19.1. The number of ether oxygens (including phenoxy) is 2. The quantitative estimate of drug-likeness (QED) is 0.228. The summed E-state index contributed by atoms with van der Waals surface area (Å²) in [5.74, 6) is 1.15. The van der Waals surface area contributed by atoms with E-state index in [2.05, 4.69) is 31.2 Å². The minimum absolute atomic E-state index is 0.0200. The van der Waals surface area contributed by atoms with E-state index in [0.717, 1.165) is 50.5 Å². The van der Waals surface area contributed by atoms with E-state index in [0.29, 0.717) is 23.5 Å². The Kier molecular flexibility index (Phi) is 5.78. The molecule has 4 rings (SSSR count). The maximum Gasteiger partial charge on any atom is 0.303 e. The van der Waals surface area contributed by atoms with Crippen LogP contribution >= 0.6 is 0 Å². The summed E-state index contributed by atoms with van der Waals surface area (Å²) >= 11 is 0. The molecule has 0 spiro atoms. The molecule has 2 saturated carbocycles. The van der Waals surface area contributed by atoms with Crippen LogP contribution in [0.5, 0.6) is 0 Å². The van der Waals surface area contributed by atoms with Crippen LogP contribution in [0.15, 0.2) is 28.5 Å². The molecule has 170 valence electrons. The van der Waals surface area contributed by atoms with Crippen LogP contribution in [0.25, 0.3) is 0 Å². The third kappa shape index (κ3) is 3.72. The van der Waals surface area contributed by atoms with Crippen molar-refractivity contribution in [2.24, 2.45) is 33.7 Å². The summed E-state index contributed by atoms with van der Waals surface area (Å²) in [6.45, 7) is 7.61. The second-order valence-electron chi connectivity index (χ2n) is 10.4. The number of rotatable bonds is 4. The Balaban J connectivity index is 1.54. The van der Waals surface area contributed by atoms with Crippen molar-refractivity contribution >= 4 is 17.7 Å². The number of nitrogens with zero attached hydrogens (tertiary/aromatic N) is 1. The number of hydrogen-bond donors (Lipinski definition) is 1. The Morgan fingerprint density at radius 3 is 2.48 bits per heavy atom. The Morgan fingerprint density at radius 1 is 1.06 bits per heavy atom. The summed E-state index contributed by atoms with van der Waals surface area (Å²) in [4.78, 5) is 22.7. The van der Waals surface area contributed by atoms with Crippen LogP contribution in [-0.4, -0.2) is 35.6 Å². The van der Waals surface area contributed by atoms with Crippen molar-refractivity contribution < 1.29 is 24.3 Å². The lowest BCUT2D eigenvalue weighted by atomic mass is 9.47. The first-order chi connectivity index (χ1) is 14.7. The Bertz CT molecular complexity index is 858. The predicted molar refractivity (Wildman–Crippen MR) is 117 cm³/mol. The Morgan fingerprint density at radius 2 is 1.81 bits per heavy atom. The fraction of sp³-hybridized carbons (Fsp3) is 0.720. The normalized spacial score (nSPS) is 39.4. The largest absolute Gasteiger partial charge is 0.462 e. The van der Waals surface area contributed by atoms with Crippen LogP contribution < -0.4 is 0 Å². The Labute approximate surface area is 184 Å². The summed E-state index contributed by atoms with van der Waals surface area (Å²) in [7, 11) is 0. The minimum atomic E-state index is -0.368. The van der Waals surface area contributed by atoms with E-state index in [4.69, 9.17) is 9.47 Å². The first-order valence-corrected chi connectivity index (χ1v) is 11.6. The SMILES string of the molecule is CC(=O)OCC(=NO)C1=CC[C@H]2[C@@H]3CC=C4C[C@@H](OC(C)=O)CC[C@]4(C)[C@H]3CC[C@]12C. The predicted octanol–water partition coefficient (Wildman–Crippen LogP) is 4.81. The standard InChI is InChI=1S/C25H35NO5/c1-15(27)30-14-23(26-29)22-8-7-20-19-6-5-17-13-18(31-16(2)28)9-11-24(17,3)21(19)10-12-25(20,22)4/h5,8,18-21,29H,6-7,9-14H2,1-4H3/t18-,19-,20-,21-,24-,25-/m0/s1. The lowest BCUT2D eigenvalue weighted by molar-refractivity contribution is -0.148. The van der Waals surface area contributed by atoms with Crippen LogP contribution in [0.3, 0.4) is 0 Å². The molecule has 0 saturated heterocycles. The summed E-state index contributed by atoms with van der Waals surface area (Å²) < 4.78 is 10.7. The molecule has 4 aliphatic rings. The number of carbonyl (C=O) groups excluding carboxylic acids is 2. The lowest BCUT2D eigenvalue weighted by Crippen LogP contribution is -2.50. The third-order valence-corrected chi connectivity index (χ3v) is 8.82. The highest BCUT2D eigenvalue weighted by Gasteiger charge is 2.57. The summed E-state index contributed by atoms with van der Waals surface area (Å²) in [6.07, 6.45) is 11.7. The van der Waals surface area contributed by atoms with E-state index in [1.807, 2.05) is 0 Å². The highest BCUT2D eigenvalue weighted by atomic mass is 16.5. The van der Waals surface area contributed by atoms with Gasteiger partial charge in [-0.25, -0.2) is 0 Å². The zero-order valence-electron chi connectivity index (χ0n) is 19.1. The van der Waals surface area contributed by atoms with Crippen LogP contribution in [0.2, 0.25) is 0 Å². The van der Waals surface area contributed by atoms with Crippen molar-refractivity contribution in [1.29, 1.82) is 0 Å². The van der Waals surface area contributed by atoms with Crippen LogP contribution in [0, 0.1) is 28.6 Å². The van der Waals surface area contributed by atoms with Crippen LogP contribution in [-0.2, 0) is 19.1 Å². The van der Waals surface area contributed by atoms with E-state index >= 15 is 0 Å². The number of oxime groups is 1. The van der Waals surface area contributed by atoms with Crippen molar-refractivity contribution in [1.82, 2.24) is 0 Å². The molecule has 4 aliphatic carbocycles. The van der Waals surface area contributed by atoms with Crippen molar-refractivity contribution in [2.45, 2.75) is 78.7 Å². The van der Waals surface area contributed by atoms with E-state index in [1.54, 1.807) is 0 Å². The second kappa shape index (κ2) is 8.10. The van der Waals surface area contributed by atoms with Gasteiger partial charge >= 0.3 is 11.9 Å². The number of allylic oxidation sites excluding steroid dienone is 2. The Hall–Kier alpha value is -2.11. The molecule has 0 heterocycles. The van der Waals surface area contributed by atoms with Gasteiger partial charge in [-0.3, -0.25) is 9.59 Å². The van der Waals surface area contributed by atoms with Gasteiger partial charge in [0.1, 0.15) is 18.4 Å². The molecular formula is C25H35NO5. The van der Waals surface area contributed by atoms with Gasteiger partial charge in [-0.2, -0.15) is 0 Å². The molecule has 0 amide bonds. The molecule has 0 bridgehead atoms. The number of esters is 2. The molecule has 6 atom stereocenters. The topological polar surface area (TPSA) is 85.2 Å². The highest BCUT2D eigenvalue weighted by molar-refractivity contribution is 6.03. The van der Waals surface area contributed by atoms with Gasteiger partial charge in [0, 0.05) is 20.3 Å². The first-order valence-electron chi connectivity index (χ1n) is 11.6. The molecular weight excluding hydrogens is 394 g/mol. The van der Waals surface area contributed by atoms with Crippen molar-refractivity contribution in [3.63, 3.8) is 0 Å². The van der Waals surface area contributed by atoms with E-state index in [9.17, 15) is 14.8 Å². The van der Waals surface area contributed by atoms with E-state index in [-0.39, 0.29) is 35.5 Å². The molecule has 0 aromatic carbocycles. The summed E-state index contributed by atoms with van der Waals surface area (Å²) in [5.41, 5.74) is 3.14. The van der Waals surface area contributed by atoms with Gasteiger partial charge in [-0.1, -0.05) is 36.7 Å². The fourth-order valence-corrected chi connectivity index (χ4v) is 7.31. The van der Waals surface area contributed by atoms with Gasteiger partial charge in [-0.15, -0.1) is 0 Å². The molecule has 31 heavy (non-hydrogen) atoms. The molecule has 0 aromatic rings. The lowest BCUT2D eigenvalue weighted by Gasteiger charge is -2.57. The number of hydrogen-bond acceptors (Lipinski definition) is 6. The fourth-order valence-electron chi connectivity index (χ4n) is 7.31. The van der Waals surface area contributed by atoms with E-state index < -0.39 is 0 Å².